The average molecular weight is 801 g/mol. The molecule has 4 rings (SSSR count). The normalized spacial score (nSPS) is 11.5. The van der Waals surface area contributed by atoms with Crippen molar-refractivity contribution < 1.29 is 106 Å². The average Bonchev–Trinajstić information content (AvgIpc) is 3.10. The van der Waals surface area contributed by atoms with Gasteiger partial charge in [-0.1, -0.05) is 152 Å². The summed E-state index contributed by atoms with van der Waals surface area (Å²) < 4.78 is 56.4. The third kappa shape index (κ3) is 17.5. The van der Waals surface area contributed by atoms with Crippen molar-refractivity contribution in [3.8, 4) is 11.5 Å². The van der Waals surface area contributed by atoms with Gasteiger partial charge < -0.3 is 28.3 Å². The predicted molar refractivity (Wildman–Crippen MR) is 200 cm³/mol. The van der Waals surface area contributed by atoms with Crippen LogP contribution in [0.4, 0.5) is 0 Å². The van der Waals surface area contributed by atoms with Crippen LogP contribution in [0.15, 0.2) is 97.1 Å². The van der Waals surface area contributed by atoms with Gasteiger partial charge in [-0.05, 0) is 57.1 Å². The van der Waals surface area contributed by atoms with Crippen molar-refractivity contribution in [2.45, 2.75) is 92.3 Å². The van der Waals surface area contributed by atoms with E-state index >= 15 is 0 Å². The second kappa shape index (κ2) is 25.1. The van der Waals surface area contributed by atoms with Crippen molar-refractivity contribution in [2.24, 2.45) is 0 Å². The maximum atomic E-state index is 13.4. The van der Waals surface area contributed by atoms with Crippen LogP contribution in [0.5, 0.6) is 11.5 Å². The van der Waals surface area contributed by atoms with Crippen molar-refractivity contribution in [2.75, 3.05) is 13.6 Å². The van der Waals surface area contributed by atoms with E-state index in [0.29, 0.717) is 5.75 Å². The van der Waals surface area contributed by atoms with Gasteiger partial charge in [0.25, 0.3) is 0 Å². The van der Waals surface area contributed by atoms with Gasteiger partial charge >= 0.3 is 66.9 Å². The molecule has 0 atom stereocenters. The molecule has 0 heterocycles. The van der Waals surface area contributed by atoms with Crippen molar-refractivity contribution in [1.29, 1.82) is 0 Å². The summed E-state index contributed by atoms with van der Waals surface area (Å²) in [5, 5.41) is 0. The molecule has 0 spiro atoms. The van der Waals surface area contributed by atoms with Gasteiger partial charge in [-0.15, -0.1) is 0 Å². The molecular formula is C40H52Na2O10P2. The number of benzene rings is 4. The van der Waals surface area contributed by atoms with Crippen molar-refractivity contribution >= 4 is 15.6 Å². The molecule has 54 heavy (non-hydrogen) atoms. The molecule has 0 fully saturated rings. The van der Waals surface area contributed by atoms with Gasteiger partial charge in [0, 0.05) is 0 Å². The molecule has 0 aliphatic rings. The maximum absolute atomic E-state index is 13.4. The van der Waals surface area contributed by atoms with E-state index in [9.17, 15) is 18.9 Å². The molecule has 10 nitrogen and oxygen atoms in total. The third-order valence-corrected chi connectivity index (χ3v) is 9.67. The number of ether oxygens (including phenoxy) is 2. The minimum absolute atomic E-state index is 0. The largest absolute Gasteiger partial charge is 1.00 e. The molecule has 0 N–H and O–H groups in total. The van der Waals surface area contributed by atoms with Gasteiger partial charge in [0.15, 0.2) is 13.6 Å². The van der Waals surface area contributed by atoms with Gasteiger partial charge in [0.2, 0.25) is 0 Å². The first kappa shape index (κ1) is 50.7. The van der Waals surface area contributed by atoms with Crippen LogP contribution in [0, 0.1) is 0 Å². The fourth-order valence-electron chi connectivity index (χ4n) is 5.17. The maximum Gasteiger partial charge on any atom is 1.00 e. The Hall–Kier alpha value is -1.30. The van der Waals surface area contributed by atoms with E-state index in [1.165, 1.54) is 0 Å². The Bertz CT molecular complexity index is 1650. The van der Waals surface area contributed by atoms with E-state index in [0.717, 1.165) is 39.1 Å². The van der Waals surface area contributed by atoms with Crippen LogP contribution in [0.2, 0.25) is 0 Å². The van der Waals surface area contributed by atoms with E-state index in [2.05, 4.69) is 32.2 Å². The standard InChI is InChI=1S/C27H33O5P.C13H21O5P.2Na/c1-21(2)25-16-11-17-26(22(3)4)27(25)29-20-32-33(28,30-18-23-12-7-5-8-13-23)31-19-24-14-9-6-10-15-24;1-9(2)11-6-5-7-12(10(3)4)13(11)17-8-18-19(14,15)16;;/h5-17,21-22H,18-20H2,1-4H3;5-7,9-10H,8H2,1-4H3,(H2,14,15,16);;/q;;2*+1/p-2. The van der Waals surface area contributed by atoms with Crippen LogP contribution < -0.4 is 78.4 Å². The third-order valence-electron chi connectivity index (χ3n) is 7.93. The zero-order valence-electron chi connectivity index (χ0n) is 33.4. The van der Waals surface area contributed by atoms with E-state index in [4.69, 9.17) is 23.0 Å². The van der Waals surface area contributed by atoms with Crippen LogP contribution in [0.1, 0.15) is 112 Å². The molecule has 4 aromatic carbocycles. The van der Waals surface area contributed by atoms with Crippen molar-refractivity contribution in [3.63, 3.8) is 0 Å². The number of rotatable bonds is 18. The first-order valence-electron chi connectivity index (χ1n) is 17.4. The number of hydrogen-bond acceptors (Lipinski definition) is 10. The first-order valence-corrected chi connectivity index (χ1v) is 20.3. The summed E-state index contributed by atoms with van der Waals surface area (Å²) in [6.45, 7) is 15.9. The second-order valence-electron chi connectivity index (χ2n) is 13.3. The molecule has 0 saturated carbocycles. The summed E-state index contributed by atoms with van der Waals surface area (Å²) in [5.41, 5.74) is 5.82. The first-order chi connectivity index (χ1) is 24.6. The second-order valence-corrected chi connectivity index (χ2v) is 16.2. The minimum atomic E-state index is -5.01. The Labute approximate surface area is 366 Å². The van der Waals surface area contributed by atoms with Crippen LogP contribution in [-0.4, -0.2) is 13.6 Å². The van der Waals surface area contributed by atoms with Gasteiger partial charge in [-0.25, -0.2) is 9.09 Å². The van der Waals surface area contributed by atoms with Crippen molar-refractivity contribution in [3.05, 3.63) is 130 Å². The van der Waals surface area contributed by atoms with Gasteiger partial charge in [0.05, 0.1) is 21.0 Å². The fraction of sp³-hybridized carbons (Fsp3) is 0.400. The summed E-state index contributed by atoms with van der Waals surface area (Å²) in [5.74, 6) is 2.35. The van der Waals surface area contributed by atoms with E-state index in [1.807, 2.05) is 125 Å². The van der Waals surface area contributed by atoms with E-state index in [-0.39, 0.29) is 103 Å². The molecule has 284 valence electrons. The Morgan fingerprint density at radius 3 is 1.07 bits per heavy atom. The summed E-state index contributed by atoms with van der Waals surface area (Å²) in [6, 6.07) is 30.9. The summed E-state index contributed by atoms with van der Waals surface area (Å²) in [4.78, 5) is 20.9. The van der Waals surface area contributed by atoms with Gasteiger partial charge in [-0.2, -0.15) is 0 Å². The molecule has 0 radical (unpaired) electrons. The smallest absolute Gasteiger partial charge is 0.790 e. The van der Waals surface area contributed by atoms with Crippen LogP contribution >= 0.6 is 15.6 Å². The molecule has 0 aliphatic heterocycles. The molecular weight excluding hydrogens is 748 g/mol. The molecule has 4 aromatic rings. The monoisotopic (exact) mass is 800 g/mol. The van der Waals surface area contributed by atoms with Gasteiger partial charge in [-0.3, -0.25) is 9.05 Å². The van der Waals surface area contributed by atoms with Crippen LogP contribution in [0.25, 0.3) is 0 Å². The van der Waals surface area contributed by atoms with Crippen LogP contribution in [0.3, 0.4) is 0 Å². The Morgan fingerprint density at radius 2 is 0.778 bits per heavy atom. The Morgan fingerprint density at radius 1 is 0.463 bits per heavy atom. The van der Waals surface area contributed by atoms with Crippen LogP contribution in [-0.2, 0) is 40.4 Å². The molecule has 0 amide bonds. The molecule has 0 aromatic heterocycles. The van der Waals surface area contributed by atoms with Crippen molar-refractivity contribution in [1.82, 2.24) is 0 Å². The predicted octanol–water partition coefficient (Wildman–Crippen LogP) is 3.95. The van der Waals surface area contributed by atoms with E-state index < -0.39 is 22.4 Å². The van der Waals surface area contributed by atoms with E-state index in [1.54, 1.807) is 0 Å². The quantitative estimate of drug-likeness (QED) is 0.0828. The number of phosphoric acid groups is 2. The molecule has 0 bridgehead atoms. The molecule has 14 heteroatoms. The Kier molecular flexibility index (Phi) is 23.6. The topological polar surface area (TPSA) is 136 Å². The Balaban J connectivity index is 0.000000597. The summed E-state index contributed by atoms with van der Waals surface area (Å²) in [6.07, 6.45) is 0. The summed E-state index contributed by atoms with van der Waals surface area (Å²) in [7, 11) is -8.90. The van der Waals surface area contributed by atoms with Gasteiger partial charge in [0.1, 0.15) is 11.5 Å². The molecule has 0 aliphatic carbocycles. The number of para-hydroxylation sites is 2. The fourth-order valence-corrected chi connectivity index (χ4v) is 6.37. The minimum Gasteiger partial charge on any atom is -0.790 e. The number of hydrogen-bond donors (Lipinski definition) is 0. The zero-order valence-corrected chi connectivity index (χ0v) is 39.1. The number of phosphoric ester groups is 2. The zero-order chi connectivity index (χ0) is 38.3. The molecule has 0 saturated heterocycles. The molecule has 0 unspecified atom stereocenters. The summed E-state index contributed by atoms with van der Waals surface area (Å²) >= 11 is 0. The SMILES string of the molecule is CC(C)c1cccc(C(C)C)c1OCOP(=O)(OCc1ccccc1)OCc1ccccc1.CC(C)c1cccc(C(C)C)c1OCOP(=O)([O-])[O-].[Na+].[Na+].